The minimum atomic E-state index is -0.958. The molecule has 1 atom stereocenters. The van der Waals surface area contributed by atoms with Crippen molar-refractivity contribution in [1.29, 1.82) is 0 Å². The molecular formula is C8H13NO3S. The van der Waals surface area contributed by atoms with Crippen LogP contribution in [0.2, 0.25) is 0 Å². The Bertz CT molecular complexity index is 227. The molecule has 1 unspecified atom stereocenters. The summed E-state index contributed by atoms with van der Waals surface area (Å²) in [4.78, 5) is 22.4. The molecule has 74 valence electrons. The number of ether oxygens (including phenoxy) is 1. The third-order valence-electron chi connectivity index (χ3n) is 1.44. The van der Waals surface area contributed by atoms with E-state index in [1.54, 1.807) is 14.0 Å². The molecule has 0 aromatic carbocycles. The van der Waals surface area contributed by atoms with Crippen LogP contribution in [0.15, 0.2) is 0 Å². The lowest BCUT2D eigenvalue weighted by molar-refractivity contribution is -0.148. The van der Waals surface area contributed by atoms with Crippen LogP contribution in [0.5, 0.6) is 0 Å². The topological polar surface area (TPSA) is 55.4 Å². The number of carbonyl (C=O) groups excluding carboxylic acids is 2. The Kier molecular flexibility index (Phi) is 5.22. The summed E-state index contributed by atoms with van der Waals surface area (Å²) < 4.78 is 4.70. The second-order valence-corrected chi connectivity index (χ2v) is 2.85. The van der Waals surface area contributed by atoms with Crippen molar-refractivity contribution in [2.45, 2.75) is 13.8 Å². The van der Waals surface area contributed by atoms with Crippen LogP contribution >= 0.6 is 12.2 Å². The van der Waals surface area contributed by atoms with Crippen LogP contribution in [0.1, 0.15) is 13.8 Å². The largest absolute Gasteiger partial charge is 0.465 e. The summed E-state index contributed by atoms with van der Waals surface area (Å²) in [5, 5.41) is 2.60. The van der Waals surface area contributed by atoms with E-state index in [0.29, 0.717) is 0 Å². The lowest BCUT2D eigenvalue weighted by Gasteiger charge is -2.12. The first-order valence-corrected chi connectivity index (χ1v) is 4.34. The van der Waals surface area contributed by atoms with E-state index in [-0.39, 0.29) is 17.4 Å². The van der Waals surface area contributed by atoms with Gasteiger partial charge in [-0.05, 0) is 13.8 Å². The molecule has 0 amide bonds. The van der Waals surface area contributed by atoms with Crippen molar-refractivity contribution < 1.29 is 14.3 Å². The van der Waals surface area contributed by atoms with Gasteiger partial charge in [0.1, 0.15) is 0 Å². The summed E-state index contributed by atoms with van der Waals surface area (Å²) in [5.41, 5.74) is 0. The van der Waals surface area contributed by atoms with Gasteiger partial charge in [-0.3, -0.25) is 9.59 Å². The van der Waals surface area contributed by atoms with Gasteiger partial charge in [0.15, 0.2) is 11.7 Å². The Hall–Kier alpha value is -0.970. The molecule has 0 aromatic rings. The molecule has 13 heavy (non-hydrogen) atoms. The Morgan fingerprint density at radius 2 is 2.08 bits per heavy atom. The summed E-state index contributed by atoms with van der Waals surface area (Å²) >= 11 is 4.81. The standard InChI is InChI=1S/C8H13NO3S/c1-4-12-8(11)6(5(2)10)7(13)9-3/h6H,4H2,1-3H3,(H,9,13). The van der Waals surface area contributed by atoms with Crippen molar-refractivity contribution >= 4 is 29.0 Å². The molecule has 0 aromatic heterocycles. The second kappa shape index (κ2) is 5.64. The van der Waals surface area contributed by atoms with Gasteiger partial charge in [-0.2, -0.15) is 0 Å². The highest BCUT2D eigenvalue weighted by Gasteiger charge is 2.28. The van der Waals surface area contributed by atoms with Crippen molar-refractivity contribution in [2.24, 2.45) is 5.92 Å². The minimum Gasteiger partial charge on any atom is -0.465 e. The number of hydrogen-bond acceptors (Lipinski definition) is 4. The molecule has 0 bridgehead atoms. The fourth-order valence-electron chi connectivity index (χ4n) is 0.828. The monoisotopic (exact) mass is 203 g/mol. The summed E-state index contributed by atoms with van der Waals surface area (Å²) in [5.74, 6) is -1.85. The smallest absolute Gasteiger partial charge is 0.323 e. The van der Waals surface area contributed by atoms with Crippen LogP contribution < -0.4 is 5.32 Å². The van der Waals surface area contributed by atoms with Gasteiger partial charge in [0.25, 0.3) is 0 Å². The average Bonchev–Trinajstić information content (AvgIpc) is 2.04. The number of thiocarbonyl (C=S) groups is 1. The maximum Gasteiger partial charge on any atom is 0.323 e. The van der Waals surface area contributed by atoms with Crippen LogP contribution in [-0.4, -0.2) is 30.4 Å². The quantitative estimate of drug-likeness (QED) is 0.404. The fourth-order valence-corrected chi connectivity index (χ4v) is 1.09. The van der Waals surface area contributed by atoms with E-state index < -0.39 is 11.9 Å². The van der Waals surface area contributed by atoms with Crippen molar-refractivity contribution in [3.8, 4) is 0 Å². The zero-order valence-corrected chi connectivity index (χ0v) is 8.73. The molecule has 0 spiro atoms. The summed E-state index contributed by atoms with van der Waals surface area (Å²) in [6, 6.07) is 0. The van der Waals surface area contributed by atoms with Crippen molar-refractivity contribution in [3.63, 3.8) is 0 Å². The van der Waals surface area contributed by atoms with Gasteiger partial charge in [-0.25, -0.2) is 0 Å². The van der Waals surface area contributed by atoms with Crippen molar-refractivity contribution in [1.82, 2.24) is 5.32 Å². The number of Topliss-reactive ketones (excluding diaryl/α,β-unsaturated/α-hetero) is 1. The maximum absolute atomic E-state index is 11.2. The first kappa shape index (κ1) is 12.0. The Morgan fingerprint density at radius 3 is 2.38 bits per heavy atom. The lowest BCUT2D eigenvalue weighted by Crippen LogP contribution is -2.37. The predicted octanol–water partition coefficient (Wildman–Crippen LogP) is 0.301. The van der Waals surface area contributed by atoms with Crippen LogP contribution in [-0.2, 0) is 14.3 Å². The Labute approximate surface area is 82.6 Å². The first-order valence-electron chi connectivity index (χ1n) is 3.93. The van der Waals surface area contributed by atoms with Gasteiger partial charge in [0, 0.05) is 7.05 Å². The summed E-state index contributed by atoms with van der Waals surface area (Å²) in [7, 11) is 1.57. The molecule has 1 N–H and O–H groups in total. The number of rotatable bonds is 4. The lowest BCUT2D eigenvalue weighted by atomic mass is 10.1. The van der Waals surface area contributed by atoms with E-state index in [1.165, 1.54) is 6.92 Å². The van der Waals surface area contributed by atoms with E-state index >= 15 is 0 Å². The molecule has 0 heterocycles. The van der Waals surface area contributed by atoms with Gasteiger partial charge in [-0.1, -0.05) is 12.2 Å². The molecule has 0 aliphatic carbocycles. The molecule has 0 saturated heterocycles. The van der Waals surface area contributed by atoms with E-state index in [9.17, 15) is 9.59 Å². The number of ketones is 1. The SMILES string of the molecule is CCOC(=O)C(C(C)=O)C(=S)NC. The van der Waals surface area contributed by atoms with Gasteiger partial charge < -0.3 is 10.1 Å². The molecule has 0 aliphatic heterocycles. The molecule has 0 aliphatic rings. The summed E-state index contributed by atoms with van der Waals surface area (Å²) in [6.07, 6.45) is 0. The molecular weight excluding hydrogens is 190 g/mol. The maximum atomic E-state index is 11.2. The van der Waals surface area contributed by atoms with Gasteiger partial charge in [0.2, 0.25) is 0 Å². The van der Waals surface area contributed by atoms with Gasteiger partial charge >= 0.3 is 5.97 Å². The van der Waals surface area contributed by atoms with Gasteiger partial charge in [-0.15, -0.1) is 0 Å². The molecule has 0 fully saturated rings. The number of carbonyl (C=O) groups is 2. The minimum absolute atomic E-state index is 0.200. The van der Waals surface area contributed by atoms with E-state index in [4.69, 9.17) is 17.0 Å². The van der Waals surface area contributed by atoms with Crippen LogP contribution in [0, 0.1) is 5.92 Å². The zero-order valence-electron chi connectivity index (χ0n) is 7.92. The van der Waals surface area contributed by atoms with Crippen molar-refractivity contribution in [3.05, 3.63) is 0 Å². The average molecular weight is 203 g/mol. The molecule has 0 rings (SSSR count). The van der Waals surface area contributed by atoms with E-state index in [0.717, 1.165) is 0 Å². The summed E-state index contributed by atoms with van der Waals surface area (Å²) in [6.45, 7) is 3.23. The van der Waals surface area contributed by atoms with Crippen LogP contribution in [0.4, 0.5) is 0 Å². The molecule has 0 radical (unpaired) electrons. The molecule has 5 heteroatoms. The molecule has 4 nitrogen and oxygen atoms in total. The van der Waals surface area contributed by atoms with E-state index in [2.05, 4.69) is 5.32 Å². The second-order valence-electron chi connectivity index (χ2n) is 2.41. The van der Waals surface area contributed by atoms with Crippen molar-refractivity contribution in [2.75, 3.05) is 13.7 Å². The highest BCUT2D eigenvalue weighted by Crippen LogP contribution is 2.03. The Morgan fingerprint density at radius 1 is 1.54 bits per heavy atom. The predicted molar refractivity (Wildman–Crippen MR) is 52.5 cm³/mol. The van der Waals surface area contributed by atoms with E-state index in [1.807, 2.05) is 0 Å². The highest BCUT2D eigenvalue weighted by molar-refractivity contribution is 7.80. The normalized spacial score (nSPS) is 11.6. The zero-order chi connectivity index (χ0) is 10.4. The Balaban J connectivity index is 4.51. The number of esters is 1. The van der Waals surface area contributed by atoms with Gasteiger partial charge in [0.05, 0.1) is 11.6 Å². The van der Waals surface area contributed by atoms with Crippen LogP contribution in [0.3, 0.4) is 0 Å². The third kappa shape index (κ3) is 3.50. The third-order valence-corrected chi connectivity index (χ3v) is 1.88. The number of nitrogens with one attached hydrogen (secondary N) is 1. The number of hydrogen-bond donors (Lipinski definition) is 1. The highest BCUT2D eigenvalue weighted by atomic mass is 32.1. The fraction of sp³-hybridized carbons (Fsp3) is 0.625. The first-order chi connectivity index (χ1) is 6.04. The molecule has 0 saturated carbocycles. The van der Waals surface area contributed by atoms with Crippen LogP contribution in [0.25, 0.3) is 0 Å².